The minimum absolute atomic E-state index is 0.000635. The molecule has 7 heteroatoms. The van der Waals surface area contributed by atoms with E-state index in [1.807, 2.05) is 6.07 Å². The Morgan fingerprint density at radius 2 is 1.45 bits per heavy atom. The van der Waals surface area contributed by atoms with Crippen LogP contribution in [0.1, 0.15) is 17.4 Å². The van der Waals surface area contributed by atoms with E-state index in [4.69, 9.17) is 10.2 Å². The van der Waals surface area contributed by atoms with Gasteiger partial charge < -0.3 is 10.2 Å². The summed E-state index contributed by atoms with van der Waals surface area (Å²) in [4.78, 5) is 4.37. The Morgan fingerprint density at radius 3 is 2.07 bits per heavy atom. The van der Waals surface area contributed by atoms with Crippen molar-refractivity contribution in [2.24, 2.45) is 5.73 Å². The first-order chi connectivity index (χ1) is 14.0. The molecule has 3 aromatic carbocycles. The maximum Gasteiger partial charge on any atom is 0.227 e. The topological polar surface area (TPSA) is 86.2 Å². The standard InChI is InChI=1S/C22H17FN2O3S/c23-17-13-11-15(12-14-17)19(24)20-22(29(26,27)18-9-5-2-6-10-18)25-21(28-20)16-7-3-1-4-8-16/h1-14,19H,24H2. The van der Waals surface area contributed by atoms with Gasteiger partial charge in [-0.15, -0.1) is 0 Å². The Hall–Kier alpha value is -3.29. The Labute approximate surface area is 167 Å². The van der Waals surface area contributed by atoms with Crippen LogP contribution in [0.5, 0.6) is 0 Å². The maximum atomic E-state index is 13.3. The molecule has 0 saturated heterocycles. The molecule has 1 unspecified atom stereocenters. The van der Waals surface area contributed by atoms with Crippen LogP contribution < -0.4 is 5.73 Å². The van der Waals surface area contributed by atoms with Crippen LogP contribution in [0.4, 0.5) is 4.39 Å². The van der Waals surface area contributed by atoms with Crippen molar-refractivity contribution in [1.82, 2.24) is 4.98 Å². The number of hydrogen-bond acceptors (Lipinski definition) is 5. The number of sulfone groups is 1. The Bertz CT molecular complexity index is 1220. The minimum Gasteiger partial charge on any atom is -0.438 e. The van der Waals surface area contributed by atoms with Gasteiger partial charge in [0.15, 0.2) is 5.76 Å². The van der Waals surface area contributed by atoms with Gasteiger partial charge in [0.25, 0.3) is 0 Å². The second-order valence-corrected chi connectivity index (χ2v) is 8.27. The van der Waals surface area contributed by atoms with Crippen molar-refractivity contribution >= 4 is 9.84 Å². The van der Waals surface area contributed by atoms with Gasteiger partial charge in [-0.1, -0.05) is 48.5 Å². The van der Waals surface area contributed by atoms with Crippen molar-refractivity contribution < 1.29 is 17.2 Å². The molecule has 0 amide bonds. The molecule has 0 aliphatic rings. The number of nitrogens with two attached hydrogens (primary N) is 1. The minimum atomic E-state index is -3.98. The molecule has 29 heavy (non-hydrogen) atoms. The number of halogens is 1. The summed E-state index contributed by atoms with van der Waals surface area (Å²) in [5.41, 5.74) is 7.44. The monoisotopic (exact) mass is 408 g/mol. The van der Waals surface area contributed by atoms with Crippen LogP contribution >= 0.6 is 0 Å². The fourth-order valence-electron chi connectivity index (χ4n) is 2.94. The highest BCUT2D eigenvalue weighted by Gasteiger charge is 2.31. The number of oxazole rings is 1. The molecule has 1 heterocycles. The SMILES string of the molecule is NC(c1ccc(F)cc1)c1oc(-c2ccccc2)nc1S(=O)(=O)c1ccccc1. The van der Waals surface area contributed by atoms with Crippen LogP contribution in [0.2, 0.25) is 0 Å². The first-order valence-corrected chi connectivity index (χ1v) is 10.3. The molecule has 146 valence electrons. The van der Waals surface area contributed by atoms with Crippen LogP contribution in [0, 0.1) is 5.82 Å². The van der Waals surface area contributed by atoms with Gasteiger partial charge in [-0.2, -0.15) is 4.98 Å². The molecule has 0 saturated carbocycles. The van der Waals surface area contributed by atoms with E-state index >= 15 is 0 Å². The fraction of sp³-hybridized carbons (Fsp3) is 0.0455. The van der Waals surface area contributed by atoms with E-state index in [0.717, 1.165) is 0 Å². The van der Waals surface area contributed by atoms with E-state index in [2.05, 4.69) is 4.98 Å². The van der Waals surface area contributed by atoms with Crippen LogP contribution in [0.15, 0.2) is 99.3 Å². The quantitative estimate of drug-likeness (QED) is 0.530. The van der Waals surface area contributed by atoms with Crippen molar-refractivity contribution in [3.8, 4) is 11.5 Å². The van der Waals surface area contributed by atoms with E-state index in [1.165, 1.54) is 36.4 Å². The van der Waals surface area contributed by atoms with Crippen molar-refractivity contribution in [2.45, 2.75) is 16.0 Å². The van der Waals surface area contributed by atoms with Crippen LogP contribution in [-0.4, -0.2) is 13.4 Å². The van der Waals surface area contributed by atoms with Gasteiger partial charge in [0, 0.05) is 5.56 Å². The third kappa shape index (κ3) is 3.70. The molecule has 5 nitrogen and oxygen atoms in total. The van der Waals surface area contributed by atoms with Crippen molar-refractivity contribution in [3.63, 3.8) is 0 Å². The number of benzene rings is 3. The molecule has 4 aromatic rings. The zero-order valence-electron chi connectivity index (χ0n) is 15.2. The van der Waals surface area contributed by atoms with Crippen LogP contribution in [0.3, 0.4) is 0 Å². The summed E-state index contributed by atoms with van der Waals surface area (Å²) in [7, 11) is -3.98. The molecule has 0 bridgehead atoms. The predicted molar refractivity (Wildman–Crippen MR) is 106 cm³/mol. The second kappa shape index (κ2) is 7.62. The second-order valence-electron chi connectivity index (χ2n) is 6.40. The number of hydrogen-bond donors (Lipinski definition) is 1. The summed E-state index contributed by atoms with van der Waals surface area (Å²) in [5, 5.41) is -0.251. The van der Waals surface area contributed by atoms with Crippen LogP contribution in [-0.2, 0) is 9.84 Å². The van der Waals surface area contributed by atoms with Crippen molar-refractivity contribution in [3.05, 3.63) is 102 Å². The molecular weight excluding hydrogens is 391 g/mol. The molecule has 0 spiro atoms. The van der Waals surface area contributed by atoms with Gasteiger partial charge in [0.05, 0.1) is 10.9 Å². The van der Waals surface area contributed by atoms with Crippen LogP contribution in [0.25, 0.3) is 11.5 Å². The molecule has 2 N–H and O–H groups in total. The third-order valence-electron chi connectivity index (χ3n) is 4.46. The summed E-state index contributed by atoms with van der Waals surface area (Å²) in [6.45, 7) is 0. The first kappa shape index (κ1) is 19.0. The molecule has 0 radical (unpaired) electrons. The van der Waals surface area contributed by atoms with E-state index in [-0.39, 0.29) is 21.6 Å². The highest BCUT2D eigenvalue weighted by Crippen LogP contribution is 2.33. The van der Waals surface area contributed by atoms with Gasteiger partial charge in [0.2, 0.25) is 20.8 Å². The normalized spacial score (nSPS) is 12.6. The zero-order valence-corrected chi connectivity index (χ0v) is 16.0. The lowest BCUT2D eigenvalue weighted by molar-refractivity contribution is 0.486. The molecule has 1 aromatic heterocycles. The van der Waals surface area contributed by atoms with E-state index < -0.39 is 21.7 Å². The third-order valence-corrected chi connectivity index (χ3v) is 6.16. The predicted octanol–water partition coefficient (Wildman–Crippen LogP) is 4.36. The first-order valence-electron chi connectivity index (χ1n) is 8.84. The highest BCUT2D eigenvalue weighted by atomic mass is 32.2. The average Bonchev–Trinajstić information content (AvgIpc) is 3.21. The van der Waals surface area contributed by atoms with E-state index in [0.29, 0.717) is 11.1 Å². The molecular formula is C22H17FN2O3S. The summed E-state index contributed by atoms with van der Waals surface area (Å²) in [6.07, 6.45) is 0. The number of nitrogens with zero attached hydrogens (tertiary/aromatic N) is 1. The Balaban J connectivity index is 1.89. The van der Waals surface area contributed by atoms with Gasteiger partial charge in [-0.3, -0.25) is 0 Å². The van der Waals surface area contributed by atoms with Gasteiger partial charge in [-0.05, 0) is 42.0 Å². The lowest BCUT2D eigenvalue weighted by atomic mass is 10.1. The average molecular weight is 408 g/mol. The lowest BCUT2D eigenvalue weighted by Crippen LogP contribution is -2.15. The van der Waals surface area contributed by atoms with Crippen molar-refractivity contribution in [2.75, 3.05) is 0 Å². The Morgan fingerprint density at radius 1 is 0.862 bits per heavy atom. The smallest absolute Gasteiger partial charge is 0.227 e. The lowest BCUT2D eigenvalue weighted by Gasteiger charge is -2.11. The largest absolute Gasteiger partial charge is 0.438 e. The molecule has 0 fully saturated rings. The van der Waals surface area contributed by atoms with Gasteiger partial charge >= 0.3 is 0 Å². The van der Waals surface area contributed by atoms with Crippen molar-refractivity contribution in [1.29, 1.82) is 0 Å². The Kier molecular flexibility index (Phi) is 5.00. The summed E-state index contributed by atoms with van der Waals surface area (Å²) < 4.78 is 45.6. The fourth-order valence-corrected chi connectivity index (χ4v) is 4.32. The summed E-state index contributed by atoms with van der Waals surface area (Å²) in [6, 6.07) is 21.5. The zero-order chi connectivity index (χ0) is 20.4. The highest BCUT2D eigenvalue weighted by molar-refractivity contribution is 7.91. The molecule has 4 rings (SSSR count). The molecule has 0 aliphatic carbocycles. The summed E-state index contributed by atoms with van der Waals surface area (Å²) >= 11 is 0. The molecule has 1 atom stereocenters. The van der Waals surface area contributed by atoms with Gasteiger partial charge in [-0.25, -0.2) is 12.8 Å². The molecule has 0 aliphatic heterocycles. The van der Waals surface area contributed by atoms with Gasteiger partial charge in [0.1, 0.15) is 5.82 Å². The van der Waals surface area contributed by atoms with E-state index in [1.54, 1.807) is 42.5 Å². The summed E-state index contributed by atoms with van der Waals surface area (Å²) in [5.74, 6) is -0.271. The van der Waals surface area contributed by atoms with E-state index in [9.17, 15) is 12.8 Å². The number of rotatable bonds is 5. The number of aromatic nitrogens is 1. The maximum absolute atomic E-state index is 13.3.